The highest BCUT2D eigenvalue weighted by Gasteiger charge is 2.25. The summed E-state index contributed by atoms with van der Waals surface area (Å²) in [5.74, 6) is 0. The van der Waals surface area contributed by atoms with Crippen molar-refractivity contribution in [1.82, 2.24) is 4.98 Å². The third kappa shape index (κ3) is 6.03. The van der Waals surface area contributed by atoms with E-state index in [1.165, 1.54) is 6.07 Å². The molecular weight excluding hydrogens is 328 g/mol. The molecule has 1 heterocycles. The molecule has 1 atom stereocenters. The van der Waals surface area contributed by atoms with E-state index >= 15 is 0 Å². The fourth-order valence-corrected chi connectivity index (χ4v) is 2.25. The highest BCUT2D eigenvalue weighted by atomic mass is 35.6. The van der Waals surface area contributed by atoms with Crippen LogP contribution in [0.25, 0.3) is 0 Å². The van der Waals surface area contributed by atoms with Crippen molar-refractivity contribution in [3.05, 3.63) is 28.5 Å². The summed E-state index contributed by atoms with van der Waals surface area (Å²) in [4.78, 5) is 4.19. The van der Waals surface area contributed by atoms with E-state index in [-0.39, 0.29) is 11.2 Å². The molecule has 108 valence electrons. The molecule has 1 rings (SSSR count). The molecule has 0 saturated heterocycles. The van der Waals surface area contributed by atoms with Crippen molar-refractivity contribution in [2.24, 2.45) is 11.5 Å². The molecule has 0 radical (unpaired) electrons. The zero-order valence-corrected chi connectivity index (χ0v) is 13.4. The van der Waals surface area contributed by atoms with Crippen LogP contribution in [-0.4, -0.2) is 11.5 Å². The van der Waals surface area contributed by atoms with Crippen LogP contribution in [-0.2, 0) is 3.79 Å². The summed E-state index contributed by atoms with van der Waals surface area (Å²) in [5.41, 5.74) is 12.6. The number of alkyl halides is 3. The quantitative estimate of drug-likeness (QED) is 0.464. The summed E-state index contributed by atoms with van der Waals surface area (Å²) in [5, 5.41) is 0.274. The molecule has 19 heavy (non-hydrogen) atoms. The summed E-state index contributed by atoms with van der Waals surface area (Å²) in [6.07, 6.45) is 3.82. The molecule has 0 aliphatic carbocycles. The molecule has 0 aliphatic heterocycles. The lowest BCUT2D eigenvalue weighted by Crippen LogP contribution is -2.14. The van der Waals surface area contributed by atoms with Gasteiger partial charge in [0.25, 0.3) is 0 Å². The van der Waals surface area contributed by atoms with Gasteiger partial charge >= 0.3 is 0 Å². The minimum Gasteiger partial charge on any atom is -0.330 e. The smallest absolute Gasteiger partial charge is 0.216 e. The predicted molar refractivity (Wildman–Crippen MR) is 82.9 cm³/mol. The Morgan fingerprint density at radius 2 is 1.84 bits per heavy atom. The van der Waals surface area contributed by atoms with Gasteiger partial charge in [-0.25, -0.2) is 4.98 Å². The summed E-state index contributed by atoms with van der Waals surface area (Å²) in [6.45, 7) is 0.696. The first-order valence-electron chi connectivity index (χ1n) is 6.05. The van der Waals surface area contributed by atoms with E-state index in [1.807, 2.05) is 0 Å². The van der Waals surface area contributed by atoms with Crippen molar-refractivity contribution in [2.75, 3.05) is 6.54 Å². The van der Waals surface area contributed by atoms with Gasteiger partial charge in [0.05, 0.1) is 5.69 Å². The molecular formula is C12H17Cl4N3. The minimum absolute atomic E-state index is 0.220. The lowest BCUT2D eigenvalue weighted by Gasteiger charge is -2.16. The first-order valence-corrected chi connectivity index (χ1v) is 7.56. The molecule has 1 unspecified atom stereocenters. The maximum Gasteiger partial charge on any atom is 0.216 e. The Bertz CT molecular complexity index is 406. The molecule has 0 aliphatic rings. The maximum absolute atomic E-state index is 6.08. The molecule has 4 N–H and O–H groups in total. The summed E-state index contributed by atoms with van der Waals surface area (Å²) < 4.78 is -1.53. The van der Waals surface area contributed by atoms with Crippen LogP contribution in [0.2, 0.25) is 5.15 Å². The van der Waals surface area contributed by atoms with Gasteiger partial charge in [0.2, 0.25) is 3.79 Å². The molecule has 1 aromatic rings. The van der Waals surface area contributed by atoms with Crippen molar-refractivity contribution in [3.63, 3.8) is 0 Å². The summed E-state index contributed by atoms with van der Waals surface area (Å²) >= 11 is 23.5. The molecule has 0 bridgehead atoms. The largest absolute Gasteiger partial charge is 0.330 e. The van der Waals surface area contributed by atoms with Crippen LogP contribution in [0.1, 0.15) is 43.0 Å². The van der Waals surface area contributed by atoms with E-state index < -0.39 is 3.79 Å². The summed E-state index contributed by atoms with van der Waals surface area (Å²) in [6, 6.07) is 2.99. The lowest BCUT2D eigenvalue weighted by molar-refractivity contribution is 0.563. The Balaban J connectivity index is 2.74. The SMILES string of the molecule is NCCCCCC(N)c1cc(C(Cl)(Cl)Cl)cc(Cl)n1. The molecule has 0 aromatic carbocycles. The Morgan fingerprint density at radius 1 is 1.16 bits per heavy atom. The molecule has 0 amide bonds. The van der Waals surface area contributed by atoms with Crippen molar-refractivity contribution < 1.29 is 0 Å². The third-order valence-corrected chi connectivity index (χ3v) is 3.59. The number of aromatic nitrogens is 1. The molecule has 7 heteroatoms. The van der Waals surface area contributed by atoms with Gasteiger partial charge in [-0.1, -0.05) is 59.2 Å². The van der Waals surface area contributed by atoms with Crippen molar-refractivity contribution in [1.29, 1.82) is 0 Å². The molecule has 0 spiro atoms. The Kier molecular flexibility index (Phi) is 7.15. The van der Waals surface area contributed by atoms with Crippen molar-refractivity contribution in [2.45, 2.75) is 35.5 Å². The Hall–Kier alpha value is 0.230. The van der Waals surface area contributed by atoms with Crippen LogP contribution >= 0.6 is 46.4 Å². The van der Waals surface area contributed by atoms with Crippen molar-refractivity contribution in [3.8, 4) is 0 Å². The molecule has 1 aromatic heterocycles. The first kappa shape index (κ1) is 17.3. The molecule has 3 nitrogen and oxygen atoms in total. The van der Waals surface area contributed by atoms with Gasteiger partial charge in [-0.05, 0) is 31.5 Å². The highest BCUT2D eigenvalue weighted by molar-refractivity contribution is 6.66. The molecule has 0 saturated carbocycles. The number of pyridine rings is 1. The van der Waals surface area contributed by atoms with Gasteiger partial charge in [0.15, 0.2) is 0 Å². The number of hydrogen-bond donors (Lipinski definition) is 2. The maximum atomic E-state index is 6.08. The number of nitrogens with zero attached hydrogens (tertiary/aromatic N) is 1. The highest BCUT2D eigenvalue weighted by Crippen LogP contribution is 2.39. The van der Waals surface area contributed by atoms with Crippen LogP contribution in [0.5, 0.6) is 0 Å². The monoisotopic (exact) mass is 343 g/mol. The standard InChI is InChI=1S/C12H17Cl4N3/c13-11-7-8(12(14,15)16)6-10(19-11)9(18)4-2-1-3-5-17/h6-7,9H,1-5,17-18H2. The number of unbranched alkanes of at least 4 members (excludes halogenated alkanes) is 2. The van der Waals surface area contributed by atoms with E-state index in [1.54, 1.807) is 6.07 Å². The summed E-state index contributed by atoms with van der Waals surface area (Å²) in [7, 11) is 0. The Morgan fingerprint density at radius 3 is 2.42 bits per heavy atom. The van der Waals surface area contributed by atoms with Gasteiger partial charge in [0, 0.05) is 11.6 Å². The zero-order chi connectivity index (χ0) is 14.5. The van der Waals surface area contributed by atoms with Gasteiger partial charge in [-0.15, -0.1) is 0 Å². The van der Waals surface area contributed by atoms with E-state index in [0.717, 1.165) is 25.7 Å². The van der Waals surface area contributed by atoms with Crippen LogP contribution in [0, 0.1) is 0 Å². The van der Waals surface area contributed by atoms with Gasteiger partial charge < -0.3 is 11.5 Å². The average molecular weight is 345 g/mol. The second-order valence-electron chi connectivity index (χ2n) is 4.35. The van der Waals surface area contributed by atoms with E-state index in [2.05, 4.69) is 4.98 Å². The van der Waals surface area contributed by atoms with E-state index in [9.17, 15) is 0 Å². The lowest BCUT2D eigenvalue weighted by atomic mass is 10.0. The Labute approximate surface area is 133 Å². The normalized spacial score (nSPS) is 13.6. The fourth-order valence-electron chi connectivity index (χ4n) is 1.70. The predicted octanol–water partition coefficient (Wildman–Crippen LogP) is 4.08. The van der Waals surface area contributed by atoms with Gasteiger partial charge in [0.1, 0.15) is 5.15 Å². The van der Waals surface area contributed by atoms with Gasteiger partial charge in [-0.2, -0.15) is 0 Å². The first-order chi connectivity index (χ1) is 8.84. The molecule has 0 fully saturated rings. The number of halogens is 4. The van der Waals surface area contributed by atoms with Crippen molar-refractivity contribution >= 4 is 46.4 Å². The topological polar surface area (TPSA) is 64.9 Å². The fraction of sp³-hybridized carbons (Fsp3) is 0.583. The second kappa shape index (κ2) is 7.87. The number of nitrogens with two attached hydrogens (primary N) is 2. The van der Waals surface area contributed by atoms with Crippen LogP contribution in [0.15, 0.2) is 12.1 Å². The number of rotatable bonds is 6. The van der Waals surface area contributed by atoms with E-state index in [0.29, 0.717) is 17.8 Å². The van der Waals surface area contributed by atoms with Crippen LogP contribution in [0.3, 0.4) is 0 Å². The van der Waals surface area contributed by atoms with Gasteiger partial charge in [-0.3, -0.25) is 0 Å². The van der Waals surface area contributed by atoms with Crippen LogP contribution < -0.4 is 11.5 Å². The second-order valence-corrected chi connectivity index (χ2v) is 7.01. The zero-order valence-electron chi connectivity index (χ0n) is 10.4. The number of hydrogen-bond acceptors (Lipinski definition) is 3. The average Bonchev–Trinajstić information content (AvgIpc) is 2.32. The third-order valence-electron chi connectivity index (χ3n) is 2.74. The van der Waals surface area contributed by atoms with Crippen LogP contribution in [0.4, 0.5) is 0 Å². The van der Waals surface area contributed by atoms with E-state index in [4.69, 9.17) is 57.9 Å². The minimum atomic E-state index is -1.53.